The molecule has 114 valence electrons. The molecule has 0 aromatic carbocycles. The van der Waals surface area contributed by atoms with E-state index in [1.807, 2.05) is 13.8 Å². The van der Waals surface area contributed by atoms with Crippen molar-refractivity contribution >= 4 is 5.97 Å². The fourth-order valence-electron chi connectivity index (χ4n) is 1.95. The third-order valence-corrected chi connectivity index (χ3v) is 2.68. The number of carbonyl (C=O) groups excluding carboxylic acids is 1. The van der Waals surface area contributed by atoms with Crippen LogP contribution >= 0.6 is 0 Å². The van der Waals surface area contributed by atoms with Gasteiger partial charge in [-0.1, -0.05) is 0 Å². The van der Waals surface area contributed by atoms with Crippen molar-refractivity contribution in [1.29, 1.82) is 0 Å². The number of hydrogen-bond acceptors (Lipinski definition) is 4. The second-order valence-corrected chi connectivity index (χ2v) is 5.05. The summed E-state index contributed by atoms with van der Waals surface area (Å²) in [6.45, 7) is 5.15. The van der Waals surface area contributed by atoms with Crippen LogP contribution in [0.1, 0.15) is 26.3 Å². The summed E-state index contributed by atoms with van der Waals surface area (Å²) in [6.07, 6.45) is -2.86. The van der Waals surface area contributed by atoms with E-state index in [0.29, 0.717) is 0 Å². The monoisotopic (exact) mass is 293 g/mol. The number of rotatable bonds is 5. The highest BCUT2D eigenvalue weighted by molar-refractivity contribution is 5.80. The standard InChI is InChI=1S/C12H18F3N3O2/c1-8(2)17-11(3,10(19)20-4)7-18-6-9(5-16-18)12(13,14)15/h5-6,8,17H,7H2,1-4H3. The predicted octanol–water partition coefficient (Wildman–Crippen LogP) is 1.83. The Morgan fingerprint density at radius 1 is 1.50 bits per heavy atom. The first-order chi connectivity index (χ1) is 9.08. The van der Waals surface area contributed by atoms with E-state index in [9.17, 15) is 18.0 Å². The number of nitrogens with zero attached hydrogens (tertiary/aromatic N) is 2. The molecule has 20 heavy (non-hydrogen) atoms. The number of nitrogens with one attached hydrogen (secondary N) is 1. The van der Waals surface area contributed by atoms with Crippen LogP contribution in [-0.4, -0.2) is 34.4 Å². The summed E-state index contributed by atoms with van der Waals surface area (Å²) in [5, 5.41) is 6.63. The summed E-state index contributed by atoms with van der Waals surface area (Å²) in [7, 11) is 1.23. The van der Waals surface area contributed by atoms with E-state index in [1.54, 1.807) is 6.92 Å². The van der Waals surface area contributed by atoms with Crippen LogP contribution in [0.5, 0.6) is 0 Å². The van der Waals surface area contributed by atoms with Crippen molar-refractivity contribution in [1.82, 2.24) is 15.1 Å². The van der Waals surface area contributed by atoms with E-state index in [0.717, 1.165) is 17.1 Å². The quantitative estimate of drug-likeness (QED) is 0.842. The van der Waals surface area contributed by atoms with Gasteiger partial charge in [0.15, 0.2) is 0 Å². The average molecular weight is 293 g/mol. The van der Waals surface area contributed by atoms with Gasteiger partial charge in [0.1, 0.15) is 5.54 Å². The first-order valence-electron chi connectivity index (χ1n) is 6.04. The summed E-state index contributed by atoms with van der Waals surface area (Å²) in [5.41, 5.74) is -2.01. The number of halogens is 3. The second-order valence-electron chi connectivity index (χ2n) is 5.05. The van der Waals surface area contributed by atoms with E-state index in [1.165, 1.54) is 7.11 Å². The molecule has 0 aliphatic heterocycles. The predicted molar refractivity (Wildman–Crippen MR) is 65.9 cm³/mol. The van der Waals surface area contributed by atoms with Gasteiger partial charge in [-0.3, -0.25) is 10.00 Å². The van der Waals surface area contributed by atoms with E-state index in [-0.39, 0.29) is 12.6 Å². The molecule has 1 aromatic heterocycles. The van der Waals surface area contributed by atoms with Gasteiger partial charge in [-0.15, -0.1) is 0 Å². The molecular weight excluding hydrogens is 275 g/mol. The van der Waals surface area contributed by atoms with Crippen LogP contribution in [-0.2, 0) is 22.3 Å². The van der Waals surface area contributed by atoms with Gasteiger partial charge in [0.05, 0.1) is 25.4 Å². The molecular formula is C12H18F3N3O2. The molecule has 1 atom stereocenters. The molecule has 0 saturated heterocycles. The lowest BCUT2D eigenvalue weighted by molar-refractivity contribution is -0.149. The van der Waals surface area contributed by atoms with Crippen molar-refractivity contribution in [2.75, 3.05) is 7.11 Å². The average Bonchev–Trinajstić information content (AvgIpc) is 2.74. The van der Waals surface area contributed by atoms with E-state index >= 15 is 0 Å². The van der Waals surface area contributed by atoms with Gasteiger partial charge in [-0.25, -0.2) is 4.79 Å². The topological polar surface area (TPSA) is 56.2 Å². The summed E-state index contributed by atoms with van der Waals surface area (Å²) < 4.78 is 43.3. The first kappa shape index (κ1) is 16.5. The summed E-state index contributed by atoms with van der Waals surface area (Å²) in [5.74, 6) is -0.560. The van der Waals surface area contributed by atoms with Crippen LogP contribution in [0.4, 0.5) is 13.2 Å². The molecule has 0 spiro atoms. The number of esters is 1. The highest BCUT2D eigenvalue weighted by Gasteiger charge is 2.37. The molecule has 0 saturated carbocycles. The molecule has 1 unspecified atom stereocenters. The summed E-state index contributed by atoms with van der Waals surface area (Å²) >= 11 is 0. The SMILES string of the molecule is COC(=O)C(C)(Cn1cc(C(F)(F)F)cn1)NC(C)C. The van der Waals surface area contributed by atoms with Crippen molar-refractivity contribution in [3.8, 4) is 0 Å². The van der Waals surface area contributed by atoms with Gasteiger partial charge >= 0.3 is 12.1 Å². The molecule has 1 heterocycles. The lowest BCUT2D eigenvalue weighted by Gasteiger charge is -2.30. The molecule has 1 aromatic rings. The first-order valence-corrected chi connectivity index (χ1v) is 6.04. The van der Waals surface area contributed by atoms with Gasteiger partial charge in [0.25, 0.3) is 0 Å². The Morgan fingerprint density at radius 3 is 2.50 bits per heavy atom. The zero-order valence-corrected chi connectivity index (χ0v) is 11.8. The van der Waals surface area contributed by atoms with Crippen molar-refractivity contribution in [2.24, 2.45) is 0 Å². The minimum Gasteiger partial charge on any atom is -0.468 e. The second kappa shape index (κ2) is 5.82. The largest absolute Gasteiger partial charge is 0.468 e. The third-order valence-electron chi connectivity index (χ3n) is 2.68. The zero-order valence-electron chi connectivity index (χ0n) is 11.8. The summed E-state index contributed by atoms with van der Waals surface area (Å²) in [6, 6.07) is -0.0447. The molecule has 0 fully saturated rings. The molecule has 8 heteroatoms. The molecule has 1 rings (SSSR count). The number of methoxy groups -OCH3 is 1. The normalized spacial score (nSPS) is 15.2. The van der Waals surface area contributed by atoms with Gasteiger partial charge in [0.2, 0.25) is 0 Å². The van der Waals surface area contributed by atoms with Crippen LogP contribution in [0.3, 0.4) is 0 Å². The smallest absolute Gasteiger partial charge is 0.419 e. The van der Waals surface area contributed by atoms with E-state index < -0.39 is 23.2 Å². The van der Waals surface area contributed by atoms with Gasteiger partial charge in [-0.05, 0) is 20.8 Å². The van der Waals surface area contributed by atoms with Crippen molar-refractivity contribution in [3.63, 3.8) is 0 Å². The van der Waals surface area contributed by atoms with E-state index in [2.05, 4.69) is 10.4 Å². The lowest BCUT2D eigenvalue weighted by atomic mass is 10.0. The Labute approximate surface area is 115 Å². The Bertz CT molecular complexity index is 471. The van der Waals surface area contributed by atoms with Crippen LogP contribution in [0, 0.1) is 0 Å². The van der Waals surface area contributed by atoms with Gasteiger partial charge < -0.3 is 4.74 Å². The Balaban J connectivity index is 2.96. The van der Waals surface area contributed by atoms with Crippen molar-refractivity contribution < 1.29 is 22.7 Å². The number of ether oxygens (including phenoxy) is 1. The molecule has 0 aliphatic carbocycles. The number of carbonyl (C=O) groups is 1. The molecule has 0 bridgehead atoms. The Kier molecular flexibility index (Phi) is 4.80. The van der Waals surface area contributed by atoms with Crippen LogP contribution in [0.2, 0.25) is 0 Å². The third kappa shape index (κ3) is 3.96. The fourth-order valence-corrected chi connectivity index (χ4v) is 1.95. The Morgan fingerprint density at radius 2 is 2.10 bits per heavy atom. The van der Waals surface area contributed by atoms with E-state index in [4.69, 9.17) is 4.74 Å². The maximum atomic E-state index is 12.5. The summed E-state index contributed by atoms with van der Waals surface area (Å²) in [4.78, 5) is 11.8. The molecule has 0 radical (unpaired) electrons. The minimum atomic E-state index is -4.45. The lowest BCUT2D eigenvalue weighted by Crippen LogP contribution is -2.55. The molecule has 0 aliphatic rings. The molecule has 5 nitrogen and oxygen atoms in total. The number of alkyl halides is 3. The molecule has 0 amide bonds. The van der Waals surface area contributed by atoms with Crippen molar-refractivity contribution in [2.45, 2.75) is 45.1 Å². The maximum absolute atomic E-state index is 12.5. The number of hydrogen-bond donors (Lipinski definition) is 1. The fraction of sp³-hybridized carbons (Fsp3) is 0.667. The van der Waals surface area contributed by atoms with Crippen molar-refractivity contribution in [3.05, 3.63) is 18.0 Å². The van der Waals surface area contributed by atoms with Gasteiger partial charge in [-0.2, -0.15) is 18.3 Å². The van der Waals surface area contributed by atoms with Crippen LogP contribution in [0.15, 0.2) is 12.4 Å². The number of aromatic nitrogens is 2. The maximum Gasteiger partial charge on any atom is 0.419 e. The highest BCUT2D eigenvalue weighted by Crippen LogP contribution is 2.28. The Hall–Kier alpha value is -1.57. The van der Waals surface area contributed by atoms with Crippen LogP contribution in [0.25, 0.3) is 0 Å². The highest BCUT2D eigenvalue weighted by atomic mass is 19.4. The van der Waals surface area contributed by atoms with Crippen LogP contribution < -0.4 is 5.32 Å². The minimum absolute atomic E-state index is 0.0447. The molecule has 1 N–H and O–H groups in total. The zero-order chi connectivity index (χ0) is 15.6. The van der Waals surface area contributed by atoms with Gasteiger partial charge in [0, 0.05) is 12.2 Å².